The second kappa shape index (κ2) is 3.82. The van der Waals surface area contributed by atoms with E-state index in [0.717, 1.165) is 19.5 Å². The lowest BCUT2D eigenvalue weighted by molar-refractivity contribution is 0.0696. The van der Waals surface area contributed by atoms with Crippen LogP contribution in [0.3, 0.4) is 0 Å². The van der Waals surface area contributed by atoms with E-state index < -0.39 is 5.97 Å². The molecule has 0 spiro atoms. The molecule has 2 heterocycles. The minimum atomic E-state index is -1.01. The molecule has 6 heteroatoms. The van der Waals surface area contributed by atoms with Crippen molar-refractivity contribution in [2.45, 2.75) is 12.5 Å². The van der Waals surface area contributed by atoms with Crippen LogP contribution >= 0.6 is 0 Å². The van der Waals surface area contributed by atoms with E-state index in [-0.39, 0.29) is 11.6 Å². The Balaban J connectivity index is 2.13. The third-order valence-corrected chi connectivity index (χ3v) is 2.39. The number of anilines is 1. The molecule has 0 unspecified atom stereocenters. The molecule has 1 aliphatic rings. The van der Waals surface area contributed by atoms with Gasteiger partial charge in [-0.2, -0.15) is 0 Å². The number of hydrogen-bond acceptors (Lipinski definition) is 5. The fraction of sp³-hybridized carbons (Fsp3) is 0.444. The van der Waals surface area contributed by atoms with E-state index >= 15 is 0 Å². The van der Waals surface area contributed by atoms with Gasteiger partial charge in [0.1, 0.15) is 0 Å². The maximum absolute atomic E-state index is 10.6. The van der Waals surface area contributed by atoms with Crippen molar-refractivity contribution in [1.82, 2.24) is 9.97 Å². The smallest absolute Gasteiger partial charge is 0.338 e. The number of carboxylic acids is 1. The van der Waals surface area contributed by atoms with Gasteiger partial charge in [-0.1, -0.05) is 0 Å². The summed E-state index contributed by atoms with van der Waals surface area (Å²) in [6.07, 6.45) is 3.55. The summed E-state index contributed by atoms with van der Waals surface area (Å²) in [5.74, 6) is -0.465. The molecule has 2 rings (SSSR count). The molecule has 6 nitrogen and oxygen atoms in total. The summed E-state index contributed by atoms with van der Waals surface area (Å²) < 4.78 is 0. The van der Waals surface area contributed by atoms with Gasteiger partial charge in [-0.05, 0) is 6.42 Å². The third kappa shape index (κ3) is 2.04. The number of rotatable bonds is 2. The SMILES string of the molecule is N[C@H]1CCN(c2ncc(C(=O)O)cn2)C1. The van der Waals surface area contributed by atoms with Crippen molar-refractivity contribution in [2.24, 2.45) is 5.73 Å². The molecular weight excluding hydrogens is 196 g/mol. The molecule has 15 heavy (non-hydrogen) atoms. The first-order valence-corrected chi connectivity index (χ1v) is 4.72. The minimum Gasteiger partial charge on any atom is -0.478 e. The van der Waals surface area contributed by atoms with Crippen LogP contribution in [-0.4, -0.2) is 40.2 Å². The van der Waals surface area contributed by atoms with Crippen LogP contribution in [0, 0.1) is 0 Å². The molecule has 3 N–H and O–H groups in total. The zero-order valence-electron chi connectivity index (χ0n) is 8.13. The van der Waals surface area contributed by atoms with E-state index in [2.05, 4.69) is 9.97 Å². The first-order chi connectivity index (χ1) is 7.16. The molecule has 0 aromatic carbocycles. The molecule has 1 aromatic rings. The van der Waals surface area contributed by atoms with Gasteiger partial charge in [0.2, 0.25) is 5.95 Å². The van der Waals surface area contributed by atoms with Crippen molar-refractivity contribution in [3.05, 3.63) is 18.0 Å². The van der Waals surface area contributed by atoms with Crippen LogP contribution < -0.4 is 10.6 Å². The highest BCUT2D eigenvalue weighted by Crippen LogP contribution is 2.14. The van der Waals surface area contributed by atoms with Crippen molar-refractivity contribution < 1.29 is 9.90 Å². The predicted molar refractivity (Wildman–Crippen MR) is 53.8 cm³/mol. The Kier molecular flexibility index (Phi) is 2.51. The van der Waals surface area contributed by atoms with Gasteiger partial charge in [0, 0.05) is 31.5 Å². The monoisotopic (exact) mass is 208 g/mol. The van der Waals surface area contributed by atoms with Gasteiger partial charge in [0.25, 0.3) is 0 Å². The number of carbonyl (C=O) groups is 1. The number of nitrogens with zero attached hydrogens (tertiary/aromatic N) is 3. The van der Waals surface area contributed by atoms with Crippen LogP contribution in [0.2, 0.25) is 0 Å². The number of carboxylic acid groups (broad SMARTS) is 1. The topological polar surface area (TPSA) is 92.3 Å². The highest BCUT2D eigenvalue weighted by atomic mass is 16.4. The zero-order chi connectivity index (χ0) is 10.8. The lowest BCUT2D eigenvalue weighted by atomic mass is 10.3. The molecule has 80 valence electrons. The van der Waals surface area contributed by atoms with Crippen LogP contribution in [0.4, 0.5) is 5.95 Å². The maximum Gasteiger partial charge on any atom is 0.338 e. The summed E-state index contributed by atoms with van der Waals surface area (Å²) in [6, 6.07) is 0.160. The molecule has 1 aliphatic heterocycles. The molecule has 0 radical (unpaired) electrons. The number of hydrogen-bond donors (Lipinski definition) is 2. The van der Waals surface area contributed by atoms with Gasteiger partial charge in [-0.25, -0.2) is 14.8 Å². The summed E-state index contributed by atoms with van der Waals surface area (Å²) in [5.41, 5.74) is 5.85. The number of aromatic carboxylic acids is 1. The second-order valence-corrected chi connectivity index (χ2v) is 3.57. The molecule has 0 aliphatic carbocycles. The Morgan fingerprint density at radius 2 is 2.20 bits per heavy atom. The standard InChI is InChI=1S/C9H12N4O2/c10-7-1-2-13(5-7)9-11-3-6(4-12-9)8(14)15/h3-4,7H,1-2,5,10H2,(H,14,15)/t7-/m0/s1. The fourth-order valence-corrected chi connectivity index (χ4v) is 1.56. The summed E-state index contributed by atoms with van der Waals surface area (Å²) in [7, 11) is 0. The Labute approximate surface area is 86.7 Å². The van der Waals surface area contributed by atoms with Crippen LogP contribution in [0.15, 0.2) is 12.4 Å². The highest BCUT2D eigenvalue weighted by molar-refractivity contribution is 5.86. The molecule has 0 amide bonds. The second-order valence-electron chi connectivity index (χ2n) is 3.57. The molecule has 0 saturated carbocycles. The molecule has 1 fully saturated rings. The van der Waals surface area contributed by atoms with Crippen LogP contribution in [0.25, 0.3) is 0 Å². The maximum atomic E-state index is 10.6. The predicted octanol–water partition coefficient (Wildman–Crippen LogP) is -0.288. The van der Waals surface area contributed by atoms with Crippen molar-refractivity contribution >= 4 is 11.9 Å². The van der Waals surface area contributed by atoms with E-state index in [9.17, 15) is 4.79 Å². The van der Waals surface area contributed by atoms with Gasteiger partial charge in [0.05, 0.1) is 5.56 Å². The van der Waals surface area contributed by atoms with E-state index in [1.165, 1.54) is 12.4 Å². The minimum absolute atomic E-state index is 0.0993. The average molecular weight is 208 g/mol. The lowest BCUT2D eigenvalue weighted by Crippen LogP contribution is -2.27. The quantitative estimate of drug-likeness (QED) is 0.694. The van der Waals surface area contributed by atoms with Crippen molar-refractivity contribution in [3.63, 3.8) is 0 Å². The van der Waals surface area contributed by atoms with E-state index in [4.69, 9.17) is 10.8 Å². The summed E-state index contributed by atoms with van der Waals surface area (Å²) in [5, 5.41) is 8.67. The Bertz CT molecular complexity index is 365. The largest absolute Gasteiger partial charge is 0.478 e. The first-order valence-electron chi connectivity index (χ1n) is 4.72. The average Bonchev–Trinajstić information content (AvgIpc) is 2.65. The van der Waals surface area contributed by atoms with Gasteiger partial charge in [-0.3, -0.25) is 0 Å². The third-order valence-electron chi connectivity index (χ3n) is 2.39. The van der Waals surface area contributed by atoms with Crippen LogP contribution in [0.5, 0.6) is 0 Å². The molecule has 1 atom stereocenters. The molecule has 1 aromatic heterocycles. The first kappa shape index (κ1) is 9.85. The van der Waals surface area contributed by atoms with Crippen LogP contribution in [-0.2, 0) is 0 Å². The summed E-state index contributed by atoms with van der Waals surface area (Å²) in [6.45, 7) is 1.56. The van der Waals surface area contributed by atoms with Crippen LogP contribution in [0.1, 0.15) is 16.8 Å². The van der Waals surface area contributed by atoms with E-state index in [1.807, 2.05) is 4.90 Å². The molecule has 1 saturated heterocycles. The van der Waals surface area contributed by atoms with Crippen molar-refractivity contribution in [1.29, 1.82) is 0 Å². The zero-order valence-corrected chi connectivity index (χ0v) is 8.13. The van der Waals surface area contributed by atoms with E-state index in [0.29, 0.717) is 5.95 Å². The van der Waals surface area contributed by atoms with Gasteiger partial charge >= 0.3 is 5.97 Å². The van der Waals surface area contributed by atoms with Crippen molar-refractivity contribution in [2.75, 3.05) is 18.0 Å². The van der Waals surface area contributed by atoms with Gasteiger partial charge < -0.3 is 15.7 Å². The number of aromatic nitrogens is 2. The number of nitrogens with two attached hydrogens (primary N) is 1. The summed E-state index contributed by atoms with van der Waals surface area (Å²) in [4.78, 5) is 20.5. The summed E-state index contributed by atoms with van der Waals surface area (Å²) >= 11 is 0. The van der Waals surface area contributed by atoms with Crippen molar-refractivity contribution in [3.8, 4) is 0 Å². The van der Waals surface area contributed by atoms with E-state index in [1.54, 1.807) is 0 Å². The normalized spacial score (nSPS) is 20.6. The molecular formula is C9H12N4O2. The Morgan fingerprint density at radius 1 is 1.53 bits per heavy atom. The van der Waals surface area contributed by atoms with Gasteiger partial charge in [0.15, 0.2) is 0 Å². The Morgan fingerprint density at radius 3 is 2.67 bits per heavy atom. The van der Waals surface area contributed by atoms with Gasteiger partial charge in [-0.15, -0.1) is 0 Å². The lowest BCUT2D eigenvalue weighted by Gasteiger charge is -2.14. The highest BCUT2D eigenvalue weighted by Gasteiger charge is 2.21. The fourth-order valence-electron chi connectivity index (χ4n) is 1.56. The Hall–Kier alpha value is -1.69. The molecule has 0 bridgehead atoms.